The molecule has 0 aromatic carbocycles. The molecule has 14 nitrogen and oxygen atoms in total. The third kappa shape index (κ3) is 9.00. The van der Waals surface area contributed by atoms with Gasteiger partial charge in [-0.3, -0.25) is 28.7 Å². The lowest BCUT2D eigenvalue weighted by Crippen LogP contribution is -2.41. The fourth-order valence-electron chi connectivity index (χ4n) is 8.27. The van der Waals surface area contributed by atoms with Gasteiger partial charge in [-0.1, -0.05) is 27.7 Å². The number of rotatable bonds is 12. The number of hydrogen-bond acceptors (Lipinski definition) is 10. The lowest BCUT2D eigenvalue weighted by atomic mass is 9.81. The Morgan fingerprint density at radius 3 is 1.85 bits per heavy atom. The lowest BCUT2D eigenvalue weighted by molar-refractivity contribution is -0.0803. The Bertz CT molecular complexity index is 1990. The van der Waals surface area contributed by atoms with E-state index in [9.17, 15) is 9.59 Å². The van der Waals surface area contributed by atoms with Gasteiger partial charge in [0.25, 0.3) is 11.1 Å². The summed E-state index contributed by atoms with van der Waals surface area (Å²) in [6.45, 7) is 31.4. The number of ether oxygens (including phenoxy) is 2. The number of aromatic amines is 2. The fourth-order valence-corrected chi connectivity index (χ4v) is 11.1. The average molecular weight is 823 g/mol. The summed E-state index contributed by atoms with van der Waals surface area (Å²) in [4.78, 5) is 35.7. The summed E-state index contributed by atoms with van der Waals surface area (Å²) < 4.78 is 41.6. The molecule has 2 aliphatic heterocycles. The van der Waals surface area contributed by atoms with Crippen LogP contribution in [0.1, 0.15) is 83.4 Å². The molecule has 2 N–H and O–H groups in total. The van der Waals surface area contributed by atoms with Crippen molar-refractivity contribution in [3.8, 4) is 0 Å². The molecule has 0 spiro atoms. The number of H-pyrrole nitrogens is 2. The smallest absolute Gasteiger partial charge is 0.254 e. The largest absolute Gasteiger partial charge is 0.351 e. The van der Waals surface area contributed by atoms with Gasteiger partial charge in [0.2, 0.25) is 13.1 Å². The van der Waals surface area contributed by atoms with Crippen molar-refractivity contribution in [3.63, 3.8) is 0 Å². The van der Waals surface area contributed by atoms with Crippen LogP contribution >= 0.6 is 41.2 Å². The first-order valence-corrected chi connectivity index (χ1v) is 22.3. The van der Waals surface area contributed by atoms with Gasteiger partial charge in [-0.05, 0) is 74.8 Å². The summed E-state index contributed by atoms with van der Waals surface area (Å²) in [5.74, 6) is 0.806. The number of hydrogen-bond donors (Lipinski definition) is 2. The van der Waals surface area contributed by atoms with Crippen LogP contribution in [0.2, 0.25) is 0 Å². The number of nitrogens with one attached hydrogen (secondary N) is 2. The maximum absolute atomic E-state index is 11.8. The van der Waals surface area contributed by atoms with E-state index in [1.807, 2.05) is 22.5 Å². The van der Waals surface area contributed by atoms with Crippen LogP contribution in [-0.4, -0.2) is 82.1 Å². The Balaban J connectivity index is 0.000000208. The molecule has 4 fully saturated rings. The van der Waals surface area contributed by atoms with Gasteiger partial charge < -0.3 is 37.3 Å². The minimum absolute atomic E-state index is 0.0314. The van der Waals surface area contributed by atoms with Gasteiger partial charge in [0, 0.05) is 49.7 Å². The fraction of sp³-hybridized carbons (Fsp3) is 0.722. The van der Waals surface area contributed by atoms with E-state index in [4.69, 9.17) is 65.1 Å². The minimum Gasteiger partial charge on any atom is -0.351 e. The van der Waals surface area contributed by atoms with Crippen LogP contribution in [0.5, 0.6) is 0 Å². The molecule has 296 valence electrons. The zero-order valence-corrected chi connectivity index (χ0v) is 35.7. The van der Waals surface area contributed by atoms with E-state index >= 15 is 0 Å². The van der Waals surface area contributed by atoms with Crippen LogP contribution in [0, 0.1) is 53.8 Å². The van der Waals surface area contributed by atoms with Crippen LogP contribution in [0.3, 0.4) is 0 Å². The molecular formula is C36H52N6O8P2S2. The summed E-state index contributed by atoms with van der Waals surface area (Å²) in [6.07, 6.45) is 6.94. The first-order chi connectivity index (χ1) is 25.5. The Kier molecular flexibility index (Phi) is 13.9. The summed E-state index contributed by atoms with van der Waals surface area (Å²) >= 11 is 10.7. The van der Waals surface area contributed by atoms with Crippen molar-refractivity contribution in [2.45, 2.75) is 110 Å². The molecule has 4 aliphatic rings. The van der Waals surface area contributed by atoms with Crippen molar-refractivity contribution in [2.75, 3.05) is 39.6 Å². The van der Waals surface area contributed by atoms with E-state index in [2.05, 4.69) is 47.4 Å². The quantitative estimate of drug-likeness (QED) is 0.0945. The van der Waals surface area contributed by atoms with E-state index in [0.29, 0.717) is 71.6 Å². The van der Waals surface area contributed by atoms with Gasteiger partial charge in [-0.2, -0.15) is 0 Å². The summed E-state index contributed by atoms with van der Waals surface area (Å²) in [5.41, 5.74) is -0.0916. The molecular weight excluding hydrogens is 771 g/mol. The molecule has 2 unspecified atom stereocenters. The van der Waals surface area contributed by atoms with E-state index in [1.165, 1.54) is 0 Å². The van der Waals surface area contributed by atoms with Crippen LogP contribution < -0.4 is 11.1 Å². The average Bonchev–Trinajstić information content (AvgIpc) is 3.79. The van der Waals surface area contributed by atoms with Crippen LogP contribution in [0.25, 0.3) is 9.69 Å². The second kappa shape index (κ2) is 17.5. The van der Waals surface area contributed by atoms with Crippen molar-refractivity contribution in [1.29, 1.82) is 0 Å². The van der Waals surface area contributed by atoms with E-state index in [-0.39, 0.29) is 41.2 Å². The first-order valence-electron chi connectivity index (χ1n) is 18.2. The SMILES string of the molecule is [C-]#[N+]CCOP(C)O[C@@]12C[C@H](n3cc(C)c(=O)[nH]c3=S)O[C@@H]1C(C)(C)[C@@H](C)C2.[C-]#[N+]CCOP(C)O[C@]12CC[C@@H](C)[C@H]1O[C@@H](n1cc(C)c(=O)[nH]c1=S)C2. The lowest BCUT2D eigenvalue weighted by Gasteiger charge is -2.34. The number of nitrogens with zero attached hydrogens (tertiary/aromatic N) is 4. The third-order valence-electron chi connectivity index (χ3n) is 11.3. The van der Waals surface area contributed by atoms with Gasteiger partial charge in [0.1, 0.15) is 36.9 Å². The monoisotopic (exact) mass is 822 g/mol. The maximum atomic E-state index is 11.8. The highest BCUT2D eigenvalue weighted by atomic mass is 32.1. The summed E-state index contributed by atoms with van der Waals surface area (Å²) in [6, 6.07) is 0. The van der Waals surface area contributed by atoms with Gasteiger partial charge in [-0.15, -0.1) is 0 Å². The van der Waals surface area contributed by atoms with Gasteiger partial charge in [0.05, 0.1) is 12.2 Å². The predicted molar refractivity (Wildman–Crippen MR) is 212 cm³/mol. The van der Waals surface area contributed by atoms with E-state index in [0.717, 1.165) is 19.3 Å². The van der Waals surface area contributed by atoms with Gasteiger partial charge in [-0.25, -0.2) is 13.1 Å². The zero-order chi connectivity index (χ0) is 39.6. The molecule has 2 saturated carbocycles. The molecule has 2 aromatic heterocycles. The van der Waals surface area contributed by atoms with Crippen molar-refractivity contribution < 1.29 is 27.6 Å². The Hall–Kier alpha value is -2.20. The molecule has 2 saturated heterocycles. The second-order valence-corrected chi connectivity index (χ2v) is 18.8. The molecule has 18 heteroatoms. The molecule has 6 rings (SSSR count). The molecule has 0 amide bonds. The topological polar surface area (TPSA) is 140 Å². The molecule has 4 heterocycles. The van der Waals surface area contributed by atoms with Crippen LogP contribution in [0.4, 0.5) is 0 Å². The number of fused-ring (bicyclic) bond motifs is 2. The third-order valence-corrected chi connectivity index (χ3v) is 14.2. The highest BCUT2D eigenvalue weighted by Gasteiger charge is 2.64. The molecule has 54 heavy (non-hydrogen) atoms. The number of aryl methyl sites for hydroxylation is 2. The molecule has 2 aromatic rings. The summed E-state index contributed by atoms with van der Waals surface area (Å²) in [7, 11) is -2.21. The second-order valence-electron chi connectivity index (χ2n) is 15.4. The van der Waals surface area contributed by atoms with E-state index in [1.54, 1.807) is 26.2 Å². The Morgan fingerprint density at radius 1 is 0.852 bits per heavy atom. The normalized spacial score (nSPS) is 31.8. The maximum Gasteiger partial charge on any atom is 0.254 e. The first kappa shape index (κ1) is 42.9. The molecule has 2 aliphatic carbocycles. The summed E-state index contributed by atoms with van der Waals surface area (Å²) in [5, 5.41) is 0. The molecule has 0 radical (unpaired) electrons. The van der Waals surface area contributed by atoms with Crippen LogP contribution in [-0.2, 0) is 27.6 Å². The Morgan fingerprint density at radius 2 is 1.33 bits per heavy atom. The van der Waals surface area contributed by atoms with Crippen molar-refractivity contribution in [2.24, 2.45) is 17.3 Å². The van der Waals surface area contributed by atoms with Crippen molar-refractivity contribution in [3.05, 3.63) is 76.6 Å². The molecule has 0 bridgehead atoms. The van der Waals surface area contributed by atoms with Crippen molar-refractivity contribution in [1.82, 2.24) is 19.1 Å². The van der Waals surface area contributed by atoms with Gasteiger partial charge >= 0.3 is 0 Å². The minimum atomic E-state index is -1.13. The van der Waals surface area contributed by atoms with Crippen LogP contribution in [0.15, 0.2) is 22.0 Å². The standard InChI is InChI=1S/C19H28N3O4PS.C17H24N3O4PS/c1-12-11-22(17(28)21-15(12)23)14-10-19(26-27(6)24-8-7-20-5)9-13(2)18(3,4)16(19)25-14;1-11-5-6-17(24-25(4)22-8-7-18-3)9-13(23-14(11)17)20-10-12(2)15(21)19-16(20)26/h11,13-14,16H,7-10H2,1-4,6H3,(H,21,23,28);10-11,13-14H,5-9H2,1-2,4H3,(H,19,21,26)/t13-,14+,16+,19-,27?;11-,13-,14-,17+,25?/m01/s1. The predicted octanol–water partition coefficient (Wildman–Crippen LogP) is 7.77. The van der Waals surface area contributed by atoms with Gasteiger partial charge in [0.15, 0.2) is 26.3 Å². The Labute approximate surface area is 329 Å². The molecule has 10 atom stereocenters. The number of aromatic nitrogens is 4. The zero-order valence-electron chi connectivity index (χ0n) is 32.2. The van der Waals surface area contributed by atoms with E-state index < -0.39 is 28.0 Å². The highest BCUT2D eigenvalue weighted by Crippen LogP contribution is 2.62. The highest BCUT2D eigenvalue weighted by molar-refractivity contribution is 7.71. The van der Waals surface area contributed by atoms with Crippen molar-refractivity contribution >= 4 is 41.2 Å².